The predicted molar refractivity (Wildman–Crippen MR) is 30.1 cm³/mol. The van der Waals surface area contributed by atoms with Crippen LogP contribution in [0.3, 0.4) is 0 Å². The van der Waals surface area contributed by atoms with Gasteiger partial charge in [0.15, 0.2) is 0 Å². The lowest BCUT2D eigenvalue weighted by molar-refractivity contribution is 1.14. The van der Waals surface area contributed by atoms with Gasteiger partial charge < -0.3 is 0 Å². The van der Waals surface area contributed by atoms with E-state index in [1.807, 2.05) is 12.1 Å². The summed E-state index contributed by atoms with van der Waals surface area (Å²) in [5.74, 6) is 0. The lowest BCUT2D eigenvalue weighted by Crippen LogP contribution is -1.67. The van der Waals surface area contributed by atoms with E-state index in [-0.39, 0.29) is 0 Å². The largest absolute Gasteiger partial charge is 0.245 e. The number of hydrogen-bond acceptors (Lipinski definition) is 1. The first-order chi connectivity index (χ1) is 3.39. The summed E-state index contributed by atoms with van der Waals surface area (Å²) in [5.41, 5.74) is 0. The minimum Gasteiger partial charge on any atom is -0.245 e. The highest BCUT2D eigenvalue weighted by Gasteiger charge is 1.76. The van der Waals surface area contributed by atoms with E-state index in [2.05, 4.69) is 4.98 Å². The van der Waals surface area contributed by atoms with Crippen LogP contribution in [0.25, 0.3) is 0 Å². The summed E-state index contributed by atoms with van der Waals surface area (Å²) in [4.78, 5) is 3.79. The Balaban J connectivity index is 3.02. The predicted octanol–water partition coefficient (Wildman–Crippen LogP) is 1.64. The highest BCUT2D eigenvalue weighted by atomic mass is 32.1. The minimum absolute atomic E-state index is 0.655. The molecule has 2 heteroatoms. The van der Waals surface area contributed by atoms with Gasteiger partial charge in [-0.05, 0) is 12.1 Å². The summed E-state index contributed by atoms with van der Waals surface area (Å²) in [6.07, 6.45) is 1.68. The normalized spacial score (nSPS) is 8.57. The molecule has 0 unspecified atom stereocenters. The van der Waals surface area contributed by atoms with Crippen LogP contribution < -0.4 is 0 Å². The molecule has 0 spiro atoms. The molecule has 1 nitrogen and oxygen atoms in total. The first-order valence-corrected chi connectivity index (χ1v) is 2.38. The van der Waals surface area contributed by atoms with Crippen molar-refractivity contribution in [3.05, 3.63) is 24.4 Å². The fraction of sp³-hybridized carbons (Fsp3) is 0. The van der Waals surface area contributed by atoms with E-state index in [0.717, 1.165) is 0 Å². The first-order valence-electron chi connectivity index (χ1n) is 1.97. The number of hydrogen-bond donors (Lipinski definition) is 0. The smallest absolute Gasteiger partial charge is 0.126 e. The Morgan fingerprint density at radius 1 is 1.43 bits per heavy atom. The topological polar surface area (TPSA) is 12.9 Å². The summed E-state index contributed by atoms with van der Waals surface area (Å²) in [7, 11) is 0. The Hall–Kier alpha value is -0.630. The van der Waals surface area contributed by atoms with E-state index in [1.54, 1.807) is 12.3 Å². The molecule has 0 atom stereocenters. The molecule has 0 aliphatic heterocycles. The minimum atomic E-state index is 0.655. The molecule has 1 rings (SSSR count). The number of rotatable bonds is 0. The van der Waals surface area contributed by atoms with Crippen LogP contribution in [0, 0.1) is 0 Å². The van der Waals surface area contributed by atoms with Crippen LogP contribution in [0.5, 0.6) is 0 Å². The zero-order valence-corrected chi connectivity index (χ0v) is 4.48. The van der Waals surface area contributed by atoms with Crippen molar-refractivity contribution in [2.75, 3.05) is 0 Å². The van der Waals surface area contributed by atoms with Crippen LogP contribution in [0.15, 0.2) is 29.4 Å². The van der Waals surface area contributed by atoms with Gasteiger partial charge in [0.25, 0.3) is 0 Å². The second-order valence-corrected chi connectivity index (χ2v) is 1.59. The quantitative estimate of drug-likeness (QED) is 0.494. The van der Waals surface area contributed by atoms with Crippen LogP contribution in [0.4, 0.5) is 0 Å². The first kappa shape index (κ1) is 4.53. The fourth-order valence-corrected chi connectivity index (χ4v) is 0.487. The molecule has 0 saturated heterocycles. The van der Waals surface area contributed by atoms with Crippen LogP contribution >= 0.6 is 12.6 Å². The van der Waals surface area contributed by atoms with E-state index in [1.165, 1.54) is 0 Å². The van der Waals surface area contributed by atoms with E-state index in [9.17, 15) is 0 Å². The van der Waals surface area contributed by atoms with Gasteiger partial charge in [-0.1, -0.05) is 18.7 Å². The third kappa shape index (κ3) is 1.12. The van der Waals surface area contributed by atoms with E-state index in [0.29, 0.717) is 5.03 Å². The Morgan fingerprint density at radius 2 is 2.29 bits per heavy atom. The average molecular weight is 110 g/mol. The monoisotopic (exact) mass is 110 g/mol. The Morgan fingerprint density at radius 3 is 2.57 bits per heavy atom. The van der Waals surface area contributed by atoms with Crippen molar-refractivity contribution in [3.63, 3.8) is 0 Å². The SMILES string of the molecule is [S]c1ccccn1. The molecule has 1 aromatic rings. The van der Waals surface area contributed by atoms with Crippen molar-refractivity contribution in [2.45, 2.75) is 5.03 Å². The molecule has 0 fully saturated rings. The average Bonchev–Trinajstić information content (AvgIpc) is 1.69. The molecule has 0 saturated carbocycles. The highest BCUT2D eigenvalue weighted by molar-refractivity contribution is 7.80. The van der Waals surface area contributed by atoms with Gasteiger partial charge in [0.1, 0.15) is 5.03 Å². The zero-order chi connectivity index (χ0) is 5.11. The molecule has 1 radical (unpaired) electrons. The molecular weight excluding hydrogens is 106 g/mol. The number of pyridine rings is 1. The van der Waals surface area contributed by atoms with Gasteiger partial charge in [0.05, 0.1) is 0 Å². The van der Waals surface area contributed by atoms with Crippen LogP contribution in [0.2, 0.25) is 0 Å². The maximum absolute atomic E-state index is 4.70. The van der Waals surface area contributed by atoms with Crippen molar-refractivity contribution in [2.24, 2.45) is 0 Å². The standard InChI is InChI=1S/C5H4NS/c7-5-3-1-2-4-6-5/h1-4H. The number of aromatic nitrogens is 1. The molecule has 0 amide bonds. The second-order valence-electron chi connectivity index (χ2n) is 1.17. The molecule has 35 valence electrons. The van der Waals surface area contributed by atoms with E-state index < -0.39 is 0 Å². The van der Waals surface area contributed by atoms with Gasteiger partial charge in [-0.2, -0.15) is 0 Å². The molecule has 0 aliphatic carbocycles. The zero-order valence-electron chi connectivity index (χ0n) is 3.66. The maximum atomic E-state index is 4.70. The van der Waals surface area contributed by atoms with Crippen molar-refractivity contribution in [1.82, 2.24) is 4.98 Å². The van der Waals surface area contributed by atoms with Crippen LogP contribution in [0.1, 0.15) is 0 Å². The third-order valence-corrected chi connectivity index (χ3v) is 0.879. The van der Waals surface area contributed by atoms with E-state index in [4.69, 9.17) is 12.6 Å². The summed E-state index contributed by atoms with van der Waals surface area (Å²) in [5, 5.41) is 0.655. The summed E-state index contributed by atoms with van der Waals surface area (Å²) < 4.78 is 0. The van der Waals surface area contributed by atoms with Gasteiger partial charge in [-0.3, -0.25) is 0 Å². The molecule has 0 aromatic carbocycles. The third-order valence-electron chi connectivity index (χ3n) is 0.638. The molecular formula is C5H4NS. The van der Waals surface area contributed by atoms with Gasteiger partial charge >= 0.3 is 0 Å². The van der Waals surface area contributed by atoms with Crippen LogP contribution in [-0.4, -0.2) is 4.98 Å². The lowest BCUT2D eigenvalue weighted by atomic mass is 10.5. The van der Waals surface area contributed by atoms with Crippen molar-refractivity contribution in [3.8, 4) is 0 Å². The van der Waals surface area contributed by atoms with Gasteiger partial charge in [0.2, 0.25) is 0 Å². The van der Waals surface area contributed by atoms with Crippen molar-refractivity contribution in [1.29, 1.82) is 0 Å². The summed E-state index contributed by atoms with van der Waals surface area (Å²) >= 11 is 4.70. The van der Waals surface area contributed by atoms with Gasteiger partial charge in [0, 0.05) is 6.20 Å². The Kier molecular flexibility index (Phi) is 1.22. The molecule has 1 heterocycles. The molecule has 0 bridgehead atoms. The van der Waals surface area contributed by atoms with E-state index >= 15 is 0 Å². The summed E-state index contributed by atoms with van der Waals surface area (Å²) in [6, 6.07) is 5.50. The highest BCUT2D eigenvalue weighted by Crippen LogP contribution is 1.95. The van der Waals surface area contributed by atoms with Gasteiger partial charge in [-0.25, -0.2) is 4.98 Å². The Bertz CT molecular complexity index is 138. The summed E-state index contributed by atoms with van der Waals surface area (Å²) in [6.45, 7) is 0. The molecule has 0 N–H and O–H groups in total. The van der Waals surface area contributed by atoms with Gasteiger partial charge in [-0.15, -0.1) is 0 Å². The van der Waals surface area contributed by atoms with Crippen LogP contribution in [-0.2, 0) is 0 Å². The molecule has 7 heavy (non-hydrogen) atoms. The fourth-order valence-electron chi connectivity index (χ4n) is 0.347. The molecule has 1 aromatic heterocycles. The molecule has 0 aliphatic rings. The lowest BCUT2D eigenvalue weighted by Gasteiger charge is -1.79. The Labute approximate surface area is 47.8 Å². The number of nitrogens with zero attached hydrogens (tertiary/aromatic N) is 1. The second kappa shape index (κ2) is 1.89. The van der Waals surface area contributed by atoms with Crippen molar-refractivity contribution < 1.29 is 0 Å². The maximum Gasteiger partial charge on any atom is 0.126 e. The van der Waals surface area contributed by atoms with Crippen molar-refractivity contribution >= 4 is 12.6 Å².